The van der Waals surface area contributed by atoms with Crippen molar-refractivity contribution in [2.45, 2.75) is 13.3 Å². The maximum Gasteiger partial charge on any atom is 0.0471 e. The average Bonchev–Trinajstić information content (AvgIpc) is 2.18. The van der Waals surface area contributed by atoms with Crippen molar-refractivity contribution in [2.75, 3.05) is 6.61 Å². The zero-order valence-corrected chi connectivity index (χ0v) is 8.33. The second-order valence-electron chi connectivity index (χ2n) is 3.61. The minimum Gasteiger partial charge on any atom is -0.396 e. The second-order valence-corrected chi connectivity index (χ2v) is 3.61. The Morgan fingerprint density at radius 3 is 2.71 bits per heavy atom. The number of benzene rings is 2. The van der Waals surface area contributed by atoms with E-state index in [0.29, 0.717) is 0 Å². The average molecular weight is 186 g/mol. The number of hydrogen-bond donors (Lipinski definition) is 1. The molecule has 0 atom stereocenters. The van der Waals surface area contributed by atoms with Crippen LogP contribution in [0.15, 0.2) is 36.4 Å². The topological polar surface area (TPSA) is 20.2 Å². The van der Waals surface area contributed by atoms with Gasteiger partial charge in [-0.1, -0.05) is 36.4 Å². The lowest BCUT2D eigenvalue weighted by molar-refractivity contribution is 0.299. The smallest absolute Gasteiger partial charge is 0.0471 e. The van der Waals surface area contributed by atoms with Gasteiger partial charge in [-0.2, -0.15) is 0 Å². The van der Waals surface area contributed by atoms with Gasteiger partial charge in [0.25, 0.3) is 0 Å². The Bertz CT molecular complexity index is 446. The number of aliphatic hydroxyl groups excluding tert-OH is 1. The predicted octanol–water partition coefficient (Wildman–Crippen LogP) is 2.68. The summed E-state index contributed by atoms with van der Waals surface area (Å²) in [4.78, 5) is 0. The van der Waals surface area contributed by atoms with Gasteiger partial charge in [-0.05, 0) is 35.2 Å². The summed E-state index contributed by atoms with van der Waals surface area (Å²) in [5.74, 6) is 0. The molecule has 1 N–H and O–H groups in total. The van der Waals surface area contributed by atoms with Gasteiger partial charge in [-0.25, -0.2) is 0 Å². The molecule has 72 valence electrons. The molecule has 0 saturated heterocycles. The third-order valence-electron chi connectivity index (χ3n) is 2.53. The summed E-state index contributed by atoms with van der Waals surface area (Å²) in [5.41, 5.74) is 2.50. The van der Waals surface area contributed by atoms with Crippen LogP contribution in [0.2, 0.25) is 0 Å². The molecule has 0 amide bonds. The minimum atomic E-state index is 0.220. The van der Waals surface area contributed by atoms with E-state index in [9.17, 15) is 0 Å². The van der Waals surface area contributed by atoms with Crippen LogP contribution in [0.3, 0.4) is 0 Å². The number of aliphatic hydroxyl groups is 1. The normalized spacial score (nSPS) is 10.7. The van der Waals surface area contributed by atoms with E-state index in [1.54, 1.807) is 0 Å². The standard InChI is InChI=1S/C13H14O/c1-10-8-11(6-7-14)9-12-4-2-3-5-13(10)12/h2-5,8-9,14H,6-7H2,1H3. The van der Waals surface area contributed by atoms with E-state index in [1.807, 2.05) is 6.07 Å². The molecule has 0 bridgehead atoms. The largest absolute Gasteiger partial charge is 0.396 e. The number of fused-ring (bicyclic) bond motifs is 1. The zero-order chi connectivity index (χ0) is 9.97. The highest BCUT2D eigenvalue weighted by Gasteiger charge is 1.99. The van der Waals surface area contributed by atoms with E-state index in [1.165, 1.54) is 21.9 Å². The molecular formula is C13H14O. The van der Waals surface area contributed by atoms with Gasteiger partial charge >= 0.3 is 0 Å². The number of hydrogen-bond acceptors (Lipinski definition) is 1. The van der Waals surface area contributed by atoms with Crippen LogP contribution in [0.1, 0.15) is 11.1 Å². The molecule has 0 heterocycles. The van der Waals surface area contributed by atoms with Gasteiger partial charge < -0.3 is 5.11 Å². The summed E-state index contributed by atoms with van der Waals surface area (Å²) in [5, 5.41) is 11.4. The van der Waals surface area contributed by atoms with Gasteiger partial charge in [-0.3, -0.25) is 0 Å². The van der Waals surface area contributed by atoms with Crippen molar-refractivity contribution in [2.24, 2.45) is 0 Å². The van der Waals surface area contributed by atoms with E-state index in [0.717, 1.165) is 6.42 Å². The number of rotatable bonds is 2. The van der Waals surface area contributed by atoms with Crippen LogP contribution in [-0.2, 0) is 6.42 Å². The molecular weight excluding hydrogens is 172 g/mol. The van der Waals surface area contributed by atoms with E-state index in [2.05, 4.69) is 37.3 Å². The molecule has 0 aliphatic rings. The predicted molar refractivity (Wildman–Crippen MR) is 59.5 cm³/mol. The van der Waals surface area contributed by atoms with Crippen molar-refractivity contribution in [3.05, 3.63) is 47.5 Å². The third-order valence-corrected chi connectivity index (χ3v) is 2.53. The van der Waals surface area contributed by atoms with Gasteiger partial charge in [0.2, 0.25) is 0 Å². The maximum absolute atomic E-state index is 8.88. The molecule has 0 radical (unpaired) electrons. The van der Waals surface area contributed by atoms with Crippen molar-refractivity contribution in [3.63, 3.8) is 0 Å². The molecule has 2 aromatic rings. The Morgan fingerprint density at radius 1 is 1.14 bits per heavy atom. The van der Waals surface area contributed by atoms with E-state index < -0.39 is 0 Å². The molecule has 1 heteroatoms. The van der Waals surface area contributed by atoms with Crippen molar-refractivity contribution >= 4 is 10.8 Å². The summed E-state index contributed by atoms with van der Waals surface area (Å²) < 4.78 is 0. The first-order valence-corrected chi connectivity index (χ1v) is 4.90. The summed E-state index contributed by atoms with van der Waals surface area (Å²) in [6, 6.07) is 12.7. The monoisotopic (exact) mass is 186 g/mol. The van der Waals surface area contributed by atoms with E-state index >= 15 is 0 Å². The quantitative estimate of drug-likeness (QED) is 0.764. The third kappa shape index (κ3) is 1.64. The van der Waals surface area contributed by atoms with Crippen LogP contribution in [0.25, 0.3) is 10.8 Å². The van der Waals surface area contributed by atoms with Crippen LogP contribution in [-0.4, -0.2) is 11.7 Å². The lowest BCUT2D eigenvalue weighted by atomic mass is 10.0. The molecule has 1 nitrogen and oxygen atoms in total. The fraction of sp³-hybridized carbons (Fsp3) is 0.231. The van der Waals surface area contributed by atoms with Crippen molar-refractivity contribution in [1.29, 1.82) is 0 Å². The summed E-state index contributed by atoms with van der Waals surface area (Å²) >= 11 is 0. The molecule has 0 fully saturated rings. The van der Waals surface area contributed by atoms with E-state index in [4.69, 9.17) is 5.11 Å². The molecule has 0 saturated carbocycles. The van der Waals surface area contributed by atoms with Crippen LogP contribution in [0, 0.1) is 6.92 Å². The van der Waals surface area contributed by atoms with Crippen LogP contribution >= 0.6 is 0 Å². The van der Waals surface area contributed by atoms with Crippen LogP contribution in [0.4, 0.5) is 0 Å². The zero-order valence-electron chi connectivity index (χ0n) is 8.33. The molecule has 0 aliphatic carbocycles. The Labute approximate surface area is 84.0 Å². The first-order chi connectivity index (χ1) is 6.81. The summed E-state index contributed by atoms with van der Waals surface area (Å²) in [6.07, 6.45) is 0.742. The fourth-order valence-corrected chi connectivity index (χ4v) is 1.85. The first kappa shape index (κ1) is 9.22. The maximum atomic E-state index is 8.88. The van der Waals surface area contributed by atoms with Gasteiger partial charge in [0.1, 0.15) is 0 Å². The Morgan fingerprint density at radius 2 is 1.93 bits per heavy atom. The molecule has 2 rings (SSSR count). The minimum absolute atomic E-state index is 0.220. The van der Waals surface area contributed by atoms with Gasteiger partial charge in [0.15, 0.2) is 0 Å². The fourth-order valence-electron chi connectivity index (χ4n) is 1.85. The second kappa shape index (κ2) is 3.81. The molecule has 2 aromatic carbocycles. The molecule has 14 heavy (non-hydrogen) atoms. The summed E-state index contributed by atoms with van der Waals surface area (Å²) in [7, 11) is 0. The van der Waals surface area contributed by atoms with Gasteiger partial charge in [-0.15, -0.1) is 0 Å². The Hall–Kier alpha value is -1.34. The Balaban J connectivity index is 2.60. The van der Waals surface area contributed by atoms with Crippen molar-refractivity contribution in [1.82, 2.24) is 0 Å². The van der Waals surface area contributed by atoms with E-state index in [-0.39, 0.29) is 6.61 Å². The van der Waals surface area contributed by atoms with Crippen molar-refractivity contribution in [3.8, 4) is 0 Å². The SMILES string of the molecule is Cc1cc(CCO)cc2ccccc12. The summed E-state index contributed by atoms with van der Waals surface area (Å²) in [6.45, 7) is 2.33. The highest BCUT2D eigenvalue weighted by Crippen LogP contribution is 2.20. The molecule has 0 aromatic heterocycles. The Kier molecular flexibility index (Phi) is 2.51. The molecule has 0 spiro atoms. The van der Waals surface area contributed by atoms with Gasteiger partial charge in [0.05, 0.1) is 0 Å². The highest BCUT2D eigenvalue weighted by atomic mass is 16.2. The first-order valence-electron chi connectivity index (χ1n) is 4.90. The van der Waals surface area contributed by atoms with Crippen LogP contribution in [0.5, 0.6) is 0 Å². The molecule has 0 aliphatic heterocycles. The molecule has 0 unspecified atom stereocenters. The van der Waals surface area contributed by atoms with Crippen LogP contribution < -0.4 is 0 Å². The lowest BCUT2D eigenvalue weighted by Gasteiger charge is -2.05. The lowest BCUT2D eigenvalue weighted by Crippen LogP contribution is -1.91. The number of aryl methyl sites for hydroxylation is 1. The van der Waals surface area contributed by atoms with Crippen molar-refractivity contribution < 1.29 is 5.11 Å². The highest BCUT2D eigenvalue weighted by molar-refractivity contribution is 5.86. The van der Waals surface area contributed by atoms with Gasteiger partial charge in [0, 0.05) is 6.61 Å².